The average Bonchev–Trinajstić information content (AvgIpc) is 3.07. The van der Waals surface area contributed by atoms with Crippen LogP contribution in [0, 0.1) is 0 Å². The predicted octanol–water partition coefficient (Wildman–Crippen LogP) is 2.20. The van der Waals surface area contributed by atoms with Crippen molar-refractivity contribution in [2.75, 3.05) is 0 Å². The van der Waals surface area contributed by atoms with Crippen molar-refractivity contribution in [3.05, 3.63) is 34.6 Å². The summed E-state index contributed by atoms with van der Waals surface area (Å²) in [5.74, 6) is -1.33. The third-order valence-electron chi connectivity index (χ3n) is 3.44. The van der Waals surface area contributed by atoms with Crippen LogP contribution >= 0.6 is 15.9 Å². The van der Waals surface area contributed by atoms with Crippen LogP contribution in [0.25, 0.3) is 11.4 Å². The molecule has 3 rings (SSSR count). The molecule has 2 aromatic rings. The first-order chi connectivity index (χ1) is 11.4. The minimum atomic E-state index is -0.893. The molecule has 0 bridgehead atoms. The van der Waals surface area contributed by atoms with Crippen LogP contribution in [-0.2, 0) is 16.1 Å². The smallest absolute Gasteiger partial charge is 0.334 e. The molecule has 0 spiro atoms. The van der Waals surface area contributed by atoms with Crippen molar-refractivity contribution in [1.82, 2.24) is 19.9 Å². The van der Waals surface area contributed by atoms with Crippen LogP contribution in [-0.4, -0.2) is 43.8 Å². The summed E-state index contributed by atoms with van der Waals surface area (Å²) >= 11 is 3.35. The molecule has 4 amide bonds. The lowest BCUT2D eigenvalue weighted by Crippen LogP contribution is -2.37. The van der Waals surface area contributed by atoms with Gasteiger partial charge in [0.2, 0.25) is 11.7 Å². The molecule has 1 fully saturated rings. The van der Waals surface area contributed by atoms with Crippen molar-refractivity contribution >= 4 is 33.8 Å². The summed E-state index contributed by atoms with van der Waals surface area (Å²) in [5, 5.41) is 3.84. The molecule has 0 saturated carbocycles. The molecule has 2 heterocycles. The summed E-state index contributed by atoms with van der Waals surface area (Å²) < 4.78 is 5.95. The SMILES string of the molecule is CC(C)N1C(=O)C(=O)N(Cc2nc(-c3cccc(Br)c3)no2)C1=O. The highest BCUT2D eigenvalue weighted by atomic mass is 79.9. The van der Waals surface area contributed by atoms with Gasteiger partial charge in [-0.15, -0.1) is 0 Å². The largest absolute Gasteiger partial charge is 0.337 e. The Bertz CT molecular complexity index is 832. The highest BCUT2D eigenvalue weighted by Crippen LogP contribution is 2.22. The van der Waals surface area contributed by atoms with Gasteiger partial charge in [-0.1, -0.05) is 33.2 Å². The van der Waals surface area contributed by atoms with Crippen molar-refractivity contribution in [3.63, 3.8) is 0 Å². The van der Waals surface area contributed by atoms with E-state index in [0.29, 0.717) is 5.82 Å². The molecule has 9 heteroatoms. The monoisotopic (exact) mass is 392 g/mol. The van der Waals surface area contributed by atoms with Crippen LogP contribution in [0.2, 0.25) is 0 Å². The molecule has 1 aliphatic rings. The van der Waals surface area contributed by atoms with Gasteiger partial charge in [-0.3, -0.25) is 14.5 Å². The first-order valence-electron chi connectivity index (χ1n) is 7.16. The Morgan fingerprint density at radius 3 is 2.58 bits per heavy atom. The molecule has 0 N–H and O–H groups in total. The van der Waals surface area contributed by atoms with Crippen molar-refractivity contribution < 1.29 is 18.9 Å². The zero-order valence-electron chi connectivity index (χ0n) is 12.9. The van der Waals surface area contributed by atoms with Gasteiger partial charge in [0, 0.05) is 16.1 Å². The molecule has 1 aromatic carbocycles. The maximum absolute atomic E-state index is 12.2. The van der Waals surface area contributed by atoms with Gasteiger partial charge in [0.05, 0.1) is 0 Å². The Kier molecular flexibility index (Phi) is 4.18. The van der Waals surface area contributed by atoms with E-state index in [2.05, 4.69) is 26.1 Å². The molecular weight excluding hydrogens is 380 g/mol. The average molecular weight is 393 g/mol. The number of urea groups is 1. The van der Waals surface area contributed by atoms with E-state index in [1.807, 2.05) is 18.2 Å². The quantitative estimate of drug-likeness (QED) is 0.584. The second-order valence-corrected chi connectivity index (χ2v) is 6.38. The van der Waals surface area contributed by atoms with Crippen LogP contribution in [0.15, 0.2) is 33.3 Å². The standard InChI is InChI=1S/C15H13BrN4O4/c1-8(2)20-14(22)13(21)19(15(20)23)7-11-17-12(18-24-11)9-4-3-5-10(16)6-9/h3-6,8H,7H2,1-2H3. The number of hydrogen-bond donors (Lipinski definition) is 0. The fourth-order valence-electron chi connectivity index (χ4n) is 2.32. The summed E-state index contributed by atoms with van der Waals surface area (Å²) in [6.45, 7) is 3.07. The molecule has 0 aliphatic carbocycles. The van der Waals surface area contributed by atoms with Gasteiger partial charge >= 0.3 is 17.8 Å². The normalized spacial score (nSPS) is 15.1. The summed E-state index contributed by atoms with van der Waals surface area (Å²) in [6, 6.07) is 6.21. The first kappa shape index (κ1) is 16.3. The fraction of sp³-hybridized carbons (Fsp3) is 0.267. The number of rotatable bonds is 4. The second-order valence-electron chi connectivity index (χ2n) is 5.46. The van der Waals surface area contributed by atoms with Gasteiger partial charge in [-0.25, -0.2) is 9.69 Å². The third kappa shape index (κ3) is 2.82. The number of nitrogens with zero attached hydrogens (tertiary/aromatic N) is 4. The van der Waals surface area contributed by atoms with E-state index in [1.165, 1.54) is 0 Å². The third-order valence-corrected chi connectivity index (χ3v) is 3.94. The Labute approximate surface area is 145 Å². The van der Waals surface area contributed by atoms with E-state index in [1.54, 1.807) is 19.9 Å². The first-order valence-corrected chi connectivity index (χ1v) is 7.95. The zero-order chi connectivity index (χ0) is 17.4. The van der Waals surface area contributed by atoms with E-state index in [0.717, 1.165) is 19.8 Å². The molecular formula is C15H13BrN4O4. The lowest BCUT2D eigenvalue weighted by Gasteiger charge is -2.17. The number of aromatic nitrogens is 2. The number of amides is 4. The lowest BCUT2D eigenvalue weighted by molar-refractivity contribution is -0.144. The highest BCUT2D eigenvalue weighted by molar-refractivity contribution is 9.10. The number of carbonyl (C=O) groups excluding carboxylic acids is 3. The molecule has 124 valence electrons. The number of halogens is 1. The van der Waals surface area contributed by atoms with Gasteiger partial charge in [0.1, 0.15) is 6.54 Å². The Balaban J connectivity index is 1.81. The van der Waals surface area contributed by atoms with Crippen LogP contribution in [0.4, 0.5) is 4.79 Å². The van der Waals surface area contributed by atoms with Crippen molar-refractivity contribution in [2.45, 2.75) is 26.4 Å². The van der Waals surface area contributed by atoms with Gasteiger partial charge in [0.15, 0.2) is 0 Å². The molecule has 1 aromatic heterocycles. The van der Waals surface area contributed by atoms with Gasteiger partial charge in [0.25, 0.3) is 0 Å². The molecule has 1 aliphatic heterocycles. The summed E-state index contributed by atoms with van der Waals surface area (Å²) in [5.41, 5.74) is 0.721. The number of carbonyl (C=O) groups is 3. The molecule has 24 heavy (non-hydrogen) atoms. The number of benzene rings is 1. The van der Waals surface area contributed by atoms with Gasteiger partial charge < -0.3 is 4.52 Å². The molecule has 8 nitrogen and oxygen atoms in total. The minimum Gasteiger partial charge on any atom is -0.337 e. The van der Waals surface area contributed by atoms with E-state index in [4.69, 9.17) is 4.52 Å². The van der Waals surface area contributed by atoms with E-state index in [-0.39, 0.29) is 12.4 Å². The van der Waals surface area contributed by atoms with Crippen molar-refractivity contribution in [3.8, 4) is 11.4 Å². The van der Waals surface area contributed by atoms with Crippen LogP contribution in [0.5, 0.6) is 0 Å². The van der Waals surface area contributed by atoms with Gasteiger partial charge in [-0.05, 0) is 26.0 Å². The zero-order valence-corrected chi connectivity index (χ0v) is 14.5. The van der Waals surface area contributed by atoms with E-state index in [9.17, 15) is 14.4 Å². The van der Waals surface area contributed by atoms with E-state index < -0.39 is 23.9 Å². The molecule has 0 radical (unpaired) electrons. The fourth-order valence-corrected chi connectivity index (χ4v) is 2.72. The summed E-state index contributed by atoms with van der Waals surface area (Å²) in [7, 11) is 0. The maximum Gasteiger partial charge on any atom is 0.334 e. The Hall–Kier alpha value is -2.55. The predicted molar refractivity (Wildman–Crippen MR) is 85.4 cm³/mol. The maximum atomic E-state index is 12.2. The summed E-state index contributed by atoms with van der Waals surface area (Å²) in [4.78, 5) is 41.9. The molecule has 0 unspecified atom stereocenters. The van der Waals surface area contributed by atoms with Crippen molar-refractivity contribution in [2.24, 2.45) is 0 Å². The van der Waals surface area contributed by atoms with E-state index >= 15 is 0 Å². The van der Waals surface area contributed by atoms with Crippen LogP contribution in [0.3, 0.4) is 0 Å². The lowest BCUT2D eigenvalue weighted by atomic mass is 10.2. The Morgan fingerprint density at radius 1 is 1.21 bits per heavy atom. The molecule has 0 atom stereocenters. The minimum absolute atomic E-state index is 0.0741. The van der Waals surface area contributed by atoms with Gasteiger partial charge in [-0.2, -0.15) is 4.98 Å². The second kappa shape index (κ2) is 6.16. The summed E-state index contributed by atoms with van der Waals surface area (Å²) in [6.07, 6.45) is 0. The number of hydrogen-bond acceptors (Lipinski definition) is 6. The van der Waals surface area contributed by atoms with Crippen LogP contribution < -0.4 is 0 Å². The van der Waals surface area contributed by atoms with Crippen LogP contribution in [0.1, 0.15) is 19.7 Å². The highest BCUT2D eigenvalue weighted by Gasteiger charge is 2.46. The van der Waals surface area contributed by atoms with Crippen molar-refractivity contribution in [1.29, 1.82) is 0 Å². The topological polar surface area (TPSA) is 96.6 Å². The Morgan fingerprint density at radius 2 is 1.96 bits per heavy atom. The number of imide groups is 2. The molecule has 1 saturated heterocycles.